The average molecular weight is 997 g/mol. The van der Waals surface area contributed by atoms with Gasteiger partial charge in [0.25, 0.3) is 18.1 Å². The molecular weight excluding hydrogens is 935 g/mol. The van der Waals surface area contributed by atoms with Gasteiger partial charge in [0.15, 0.2) is 0 Å². The minimum Gasteiger partial charge on any atom is -0.497 e. The predicted octanol–water partition coefficient (Wildman–Crippen LogP) is 11.8. The number of carbonyl (C=O) groups is 3. The molecule has 16 heteroatoms. The fourth-order valence-electron chi connectivity index (χ4n) is 8.33. The van der Waals surface area contributed by atoms with Crippen LogP contribution in [0.2, 0.25) is 0 Å². The summed E-state index contributed by atoms with van der Waals surface area (Å²) in [4.78, 5) is 44.6. The molecule has 0 radical (unpaired) electrons. The number of carboxylic acids is 1. The van der Waals surface area contributed by atoms with Gasteiger partial charge in [-0.2, -0.15) is 0 Å². The number of hydrazone groups is 1. The number of non-ortho nitro benzene ring substituents is 1. The van der Waals surface area contributed by atoms with E-state index in [-0.39, 0.29) is 47.4 Å². The van der Waals surface area contributed by atoms with Crippen LogP contribution in [0.25, 0.3) is 0 Å². The molecule has 0 aliphatic carbocycles. The molecule has 1 unspecified atom stereocenters. The zero-order valence-corrected chi connectivity index (χ0v) is 41.2. The van der Waals surface area contributed by atoms with E-state index in [1.807, 2.05) is 42.1 Å². The summed E-state index contributed by atoms with van der Waals surface area (Å²) >= 11 is 0. The van der Waals surface area contributed by atoms with Crippen LogP contribution in [0.5, 0.6) is 11.5 Å². The average Bonchev–Trinajstić information content (AvgIpc) is 4.05. The van der Waals surface area contributed by atoms with Crippen LogP contribution in [-0.4, -0.2) is 63.9 Å². The Morgan fingerprint density at radius 3 is 1.82 bits per heavy atom. The van der Waals surface area contributed by atoms with E-state index in [4.69, 9.17) is 14.9 Å². The summed E-state index contributed by atoms with van der Waals surface area (Å²) in [6, 6.07) is 50.9. The predicted molar refractivity (Wildman–Crippen MR) is 278 cm³/mol. The number of nitro benzene ring substituents is 1. The van der Waals surface area contributed by atoms with Crippen LogP contribution in [0.4, 0.5) is 14.5 Å². The Labute approximate surface area is 425 Å². The number of para-hydroxylation sites is 1. The smallest absolute Gasteiger partial charge is 0.339 e. The summed E-state index contributed by atoms with van der Waals surface area (Å²) < 4.78 is 38.5. The summed E-state index contributed by atoms with van der Waals surface area (Å²) in [7, 11) is 1.52. The lowest BCUT2D eigenvalue weighted by Crippen LogP contribution is -2.57. The summed E-state index contributed by atoms with van der Waals surface area (Å²) in [6.07, 6.45) is 8.68. The van der Waals surface area contributed by atoms with Crippen molar-refractivity contribution in [1.82, 2.24) is 21.0 Å². The first-order valence-corrected chi connectivity index (χ1v) is 24.1. The van der Waals surface area contributed by atoms with Gasteiger partial charge in [-0.3, -0.25) is 25.1 Å². The molecule has 0 aromatic heterocycles. The molecule has 6 aromatic rings. The molecule has 3 N–H and O–H groups in total. The van der Waals surface area contributed by atoms with Crippen molar-refractivity contribution >= 4 is 29.9 Å². The summed E-state index contributed by atoms with van der Waals surface area (Å²) in [5.41, 5.74) is 9.56. The van der Waals surface area contributed by atoms with Gasteiger partial charge in [0.05, 0.1) is 18.1 Å². The normalized spacial score (nSPS) is 14.2. The van der Waals surface area contributed by atoms with E-state index in [9.17, 15) is 33.3 Å². The third-order valence-corrected chi connectivity index (χ3v) is 11.9. The maximum absolute atomic E-state index is 14.6. The van der Waals surface area contributed by atoms with Gasteiger partial charge in [0.1, 0.15) is 28.4 Å². The molecule has 0 spiro atoms. The van der Waals surface area contributed by atoms with Gasteiger partial charge >= 0.3 is 5.97 Å². The molecule has 2 aliphatic heterocycles. The number of aromatic carboxylic acids is 1. The third-order valence-electron chi connectivity index (χ3n) is 11.9. The Morgan fingerprint density at radius 1 is 0.781 bits per heavy atom. The van der Waals surface area contributed by atoms with Crippen molar-refractivity contribution in [3.63, 3.8) is 0 Å². The molecule has 73 heavy (non-hydrogen) atoms. The van der Waals surface area contributed by atoms with Crippen LogP contribution in [0.15, 0.2) is 187 Å². The van der Waals surface area contributed by atoms with E-state index in [1.165, 1.54) is 49.6 Å². The molecule has 1 atom stereocenters. The Balaban J connectivity index is 0.000000322. The standard InChI is InChI=1S/C40H43F2N5O.C8H6O4.C7H7NO3.C2H6/c41-39(42,32-18-7-3-8-19-32)30-17-26-36-28-29-38(48)46(36)31-16-2-1-15-27-37-43-45-47(44-37)40(33-20-9-4-10-21-33,34-22-11-5-12-23-34)35-24-13-6-14-25-35;9-5-12-7-4-2-1-3-6(7)8(10)11;1-11-7-4-2-6(3-5-7)8(9)10;1-2/h3-14,17-26,36,45H,1-2,15-16,27-31H2,(H,43,44);1-5H,(H,10,11);2-5H,1H3;1-2H3/b26-17+;;;. The highest BCUT2D eigenvalue weighted by molar-refractivity contribution is 5.91. The number of rotatable bonds is 20. The number of alkyl halides is 2. The molecule has 1 amide bonds. The molecule has 0 bridgehead atoms. The van der Waals surface area contributed by atoms with E-state index < -0.39 is 22.4 Å². The fraction of sp³-hybridized carbons (Fsp3) is 0.263. The number of allylic oxidation sites excluding steroid dienone is 1. The molecule has 1 fully saturated rings. The fourth-order valence-corrected chi connectivity index (χ4v) is 8.33. The van der Waals surface area contributed by atoms with Crippen molar-refractivity contribution in [2.75, 3.05) is 13.7 Å². The van der Waals surface area contributed by atoms with Gasteiger partial charge in [-0.05, 0) is 60.2 Å². The number of carbonyl (C=O) groups excluding carboxylic acids is 2. The number of nitrogens with one attached hydrogen (secondary N) is 2. The van der Waals surface area contributed by atoms with Gasteiger partial charge in [-0.25, -0.2) is 19.1 Å². The lowest BCUT2D eigenvalue weighted by molar-refractivity contribution is -0.384. The number of hydrazine groups is 2. The zero-order valence-electron chi connectivity index (χ0n) is 41.2. The molecule has 14 nitrogen and oxygen atoms in total. The van der Waals surface area contributed by atoms with Gasteiger partial charge in [0, 0.05) is 43.5 Å². The molecule has 382 valence electrons. The lowest BCUT2D eigenvalue weighted by Gasteiger charge is -2.42. The molecule has 0 saturated carbocycles. The van der Waals surface area contributed by atoms with E-state index >= 15 is 0 Å². The number of nitro groups is 1. The van der Waals surface area contributed by atoms with Gasteiger partial charge < -0.3 is 19.5 Å². The number of hydrogen-bond donors (Lipinski definition) is 3. The van der Waals surface area contributed by atoms with Crippen LogP contribution in [0.3, 0.4) is 0 Å². The van der Waals surface area contributed by atoms with E-state index in [2.05, 4.69) is 88.5 Å². The highest BCUT2D eigenvalue weighted by atomic mass is 19.3. The Kier molecular flexibility index (Phi) is 21.8. The number of unbranched alkanes of at least 4 members (excludes halogenated alkanes) is 3. The minimum absolute atomic E-state index is 0.0131. The van der Waals surface area contributed by atoms with Gasteiger partial charge in [-0.15, -0.1) is 5.10 Å². The van der Waals surface area contributed by atoms with Crippen molar-refractivity contribution in [2.24, 2.45) is 5.10 Å². The summed E-state index contributed by atoms with van der Waals surface area (Å²) in [5.74, 6) is -2.39. The Bertz CT molecular complexity index is 2600. The topological polar surface area (TPSA) is 176 Å². The third kappa shape index (κ3) is 15.4. The number of nitrogens with zero attached hydrogens (tertiary/aromatic N) is 4. The number of amidine groups is 1. The summed E-state index contributed by atoms with van der Waals surface area (Å²) in [6.45, 7) is 4.84. The highest BCUT2D eigenvalue weighted by Gasteiger charge is 2.45. The van der Waals surface area contributed by atoms with E-state index in [0.717, 1.165) is 54.6 Å². The second kappa shape index (κ2) is 28.6. The van der Waals surface area contributed by atoms with Crippen LogP contribution in [-0.2, 0) is 21.1 Å². The molecule has 8 rings (SSSR count). The van der Waals surface area contributed by atoms with E-state index in [0.29, 0.717) is 25.1 Å². The first kappa shape index (κ1) is 55.7. The molecular formula is C57H62F2N6O8. The number of likely N-dealkylation sites (tertiary alicyclic amines) is 1. The maximum atomic E-state index is 14.6. The number of methoxy groups -OCH3 is 1. The lowest BCUT2D eigenvalue weighted by atomic mass is 9.77. The quantitative estimate of drug-likeness (QED) is 0.0166. The molecule has 6 aromatic carbocycles. The highest BCUT2D eigenvalue weighted by Crippen LogP contribution is 2.41. The van der Waals surface area contributed by atoms with Gasteiger partial charge in [0.2, 0.25) is 5.91 Å². The number of amides is 1. The van der Waals surface area contributed by atoms with Crippen molar-refractivity contribution in [3.05, 3.63) is 220 Å². The molecule has 1 saturated heterocycles. The van der Waals surface area contributed by atoms with Crippen LogP contribution >= 0.6 is 0 Å². The van der Waals surface area contributed by atoms with Crippen LogP contribution in [0, 0.1) is 10.1 Å². The number of ether oxygens (including phenoxy) is 2. The monoisotopic (exact) mass is 996 g/mol. The maximum Gasteiger partial charge on any atom is 0.339 e. The largest absolute Gasteiger partial charge is 0.497 e. The van der Waals surface area contributed by atoms with Crippen molar-refractivity contribution in [3.8, 4) is 11.5 Å². The number of carboxylic acid groups (broad SMARTS) is 1. The molecule has 2 aliphatic rings. The first-order chi connectivity index (χ1) is 35.5. The SMILES string of the molecule is CC.COc1ccc([N+](=O)[O-])cc1.O=C1CCC(/C=C/CC(F)(F)c2ccccc2)N1CCCCCCC1=NNN(C(c2ccccc2)(c2ccccc2)c2ccccc2)N1.O=COc1ccccc1C(=O)O. The number of hydrogen-bond acceptors (Lipinski definition) is 11. The van der Waals surface area contributed by atoms with Crippen molar-refractivity contribution in [1.29, 1.82) is 0 Å². The summed E-state index contributed by atoms with van der Waals surface area (Å²) in [5, 5.41) is 25.5. The zero-order chi connectivity index (χ0) is 52.5. The molecule has 2 heterocycles. The minimum atomic E-state index is -2.93. The van der Waals surface area contributed by atoms with E-state index in [1.54, 1.807) is 48.5 Å². The van der Waals surface area contributed by atoms with Crippen LogP contribution < -0.4 is 20.4 Å². The Hall–Kier alpha value is -8.24. The number of halogens is 2. The van der Waals surface area contributed by atoms with Crippen LogP contribution in [0.1, 0.15) is 97.8 Å². The second-order valence-corrected chi connectivity index (χ2v) is 16.4. The second-order valence-electron chi connectivity index (χ2n) is 16.4. The number of benzene rings is 6. The van der Waals surface area contributed by atoms with Gasteiger partial charge in [-0.1, -0.05) is 177 Å². The Morgan fingerprint density at radius 2 is 1.30 bits per heavy atom. The van der Waals surface area contributed by atoms with Crippen molar-refractivity contribution < 1.29 is 42.7 Å². The van der Waals surface area contributed by atoms with Crippen molar-refractivity contribution in [2.45, 2.75) is 82.7 Å². The first-order valence-electron chi connectivity index (χ1n) is 24.1.